The Morgan fingerprint density at radius 2 is 2.11 bits per heavy atom. The maximum absolute atomic E-state index is 12.1. The Morgan fingerprint density at radius 3 is 2.47 bits per heavy atom. The maximum atomic E-state index is 12.1. The topological polar surface area (TPSA) is 41.6 Å². The molecule has 1 aliphatic carbocycles. The Bertz CT molecular complexity index is 290. The summed E-state index contributed by atoms with van der Waals surface area (Å²) in [5.74, 6) is 0.647. The predicted octanol–water partition coefficient (Wildman–Crippen LogP) is 2.04. The van der Waals surface area contributed by atoms with Crippen LogP contribution in [0.15, 0.2) is 0 Å². The van der Waals surface area contributed by atoms with Gasteiger partial charge in [-0.3, -0.25) is 10.1 Å². The minimum absolute atomic E-state index is 0.173. The van der Waals surface area contributed by atoms with Gasteiger partial charge in [-0.1, -0.05) is 13.3 Å². The number of nitrogens with zero attached hydrogens (tertiary/aromatic N) is 1. The molecule has 0 aromatic rings. The van der Waals surface area contributed by atoms with Crippen molar-refractivity contribution in [3.05, 3.63) is 0 Å². The summed E-state index contributed by atoms with van der Waals surface area (Å²) in [6.07, 6.45) is 4.03. The van der Waals surface area contributed by atoms with Crippen LogP contribution in [0.3, 0.4) is 0 Å². The van der Waals surface area contributed by atoms with Gasteiger partial charge in [-0.25, -0.2) is 0 Å². The smallest absolute Gasteiger partial charge is 0.327 e. The fourth-order valence-electron chi connectivity index (χ4n) is 2.82. The molecule has 0 bridgehead atoms. The molecule has 1 saturated carbocycles. The number of ether oxygens (including phenoxy) is 1. The van der Waals surface area contributed by atoms with Crippen molar-refractivity contribution in [3.63, 3.8) is 0 Å². The third-order valence-corrected chi connectivity index (χ3v) is 3.97. The normalized spacial score (nSPS) is 19.3. The zero-order valence-electron chi connectivity index (χ0n) is 13.2. The van der Waals surface area contributed by atoms with Crippen LogP contribution in [-0.4, -0.2) is 49.2 Å². The van der Waals surface area contributed by atoms with Gasteiger partial charge in [-0.15, -0.1) is 0 Å². The van der Waals surface area contributed by atoms with E-state index in [0.29, 0.717) is 6.54 Å². The summed E-state index contributed by atoms with van der Waals surface area (Å²) in [7, 11) is 1.46. The molecule has 19 heavy (non-hydrogen) atoms. The van der Waals surface area contributed by atoms with Crippen LogP contribution in [0.5, 0.6) is 0 Å². The average Bonchev–Trinajstić information content (AvgIpc) is 2.29. The molecule has 1 unspecified atom stereocenters. The van der Waals surface area contributed by atoms with E-state index < -0.39 is 5.54 Å². The lowest BCUT2D eigenvalue weighted by Crippen LogP contribution is -2.59. The summed E-state index contributed by atoms with van der Waals surface area (Å²) in [5, 5.41) is 3.36. The van der Waals surface area contributed by atoms with E-state index in [4.69, 9.17) is 4.74 Å². The highest BCUT2D eigenvalue weighted by Crippen LogP contribution is 2.27. The van der Waals surface area contributed by atoms with Gasteiger partial charge in [0.1, 0.15) is 5.54 Å². The molecular weight excluding hydrogens is 240 g/mol. The van der Waals surface area contributed by atoms with E-state index in [-0.39, 0.29) is 12.0 Å². The van der Waals surface area contributed by atoms with Gasteiger partial charge in [-0.05, 0) is 46.1 Å². The van der Waals surface area contributed by atoms with Crippen LogP contribution in [0.4, 0.5) is 0 Å². The van der Waals surface area contributed by atoms with Gasteiger partial charge < -0.3 is 9.64 Å². The second kappa shape index (κ2) is 7.25. The van der Waals surface area contributed by atoms with Crippen molar-refractivity contribution in [3.8, 4) is 0 Å². The second-order valence-electron chi connectivity index (χ2n) is 6.25. The molecule has 0 spiro atoms. The number of rotatable bonds is 8. The molecule has 0 radical (unpaired) electrons. The first kappa shape index (κ1) is 16.4. The fraction of sp³-hybridized carbons (Fsp3) is 0.933. The molecule has 1 N–H and O–H groups in total. The molecule has 0 aromatic heterocycles. The lowest BCUT2D eigenvalue weighted by molar-refractivity contribution is -0.149. The minimum atomic E-state index is -0.622. The van der Waals surface area contributed by atoms with Crippen molar-refractivity contribution < 1.29 is 9.53 Å². The third kappa shape index (κ3) is 4.77. The molecule has 1 rings (SSSR count). The summed E-state index contributed by atoms with van der Waals surface area (Å²) >= 11 is 0. The molecule has 1 fully saturated rings. The second-order valence-corrected chi connectivity index (χ2v) is 6.25. The first-order valence-electron chi connectivity index (χ1n) is 7.49. The Labute approximate surface area is 117 Å². The zero-order chi connectivity index (χ0) is 14.5. The van der Waals surface area contributed by atoms with E-state index in [1.165, 1.54) is 26.4 Å². The van der Waals surface area contributed by atoms with Crippen LogP contribution in [0.25, 0.3) is 0 Å². The van der Waals surface area contributed by atoms with Crippen molar-refractivity contribution in [2.45, 2.75) is 58.5 Å². The van der Waals surface area contributed by atoms with E-state index in [9.17, 15) is 4.79 Å². The Hall–Kier alpha value is -0.610. The Balaban J connectivity index is 2.64. The molecule has 0 aromatic carbocycles. The number of methoxy groups -OCH3 is 1. The van der Waals surface area contributed by atoms with Crippen LogP contribution in [-0.2, 0) is 9.53 Å². The minimum Gasteiger partial charge on any atom is -0.468 e. The van der Waals surface area contributed by atoms with Crippen molar-refractivity contribution >= 4 is 5.97 Å². The summed E-state index contributed by atoms with van der Waals surface area (Å²) in [5.41, 5.74) is -0.622. The lowest BCUT2D eigenvalue weighted by atomic mass is 9.84. The van der Waals surface area contributed by atoms with E-state index in [2.05, 4.69) is 31.0 Å². The van der Waals surface area contributed by atoms with E-state index in [0.717, 1.165) is 19.0 Å². The largest absolute Gasteiger partial charge is 0.468 e. The average molecular weight is 270 g/mol. The molecule has 0 heterocycles. The highest BCUT2D eigenvalue weighted by atomic mass is 16.5. The summed E-state index contributed by atoms with van der Waals surface area (Å²) < 4.78 is 4.98. The molecule has 1 aliphatic rings. The molecule has 0 amide bonds. The van der Waals surface area contributed by atoms with E-state index in [1.54, 1.807) is 0 Å². The predicted molar refractivity (Wildman–Crippen MR) is 78.1 cm³/mol. The van der Waals surface area contributed by atoms with Gasteiger partial charge >= 0.3 is 5.97 Å². The number of carbonyl (C=O) groups is 1. The number of nitrogens with one attached hydrogen (secondary N) is 1. The van der Waals surface area contributed by atoms with E-state index >= 15 is 0 Å². The van der Waals surface area contributed by atoms with Crippen molar-refractivity contribution in [1.82, 2.24) is 10.2 Å². The number of hydrogen-bond donors (Lipinski definition) is 1. The number of likely N-dealkylation sites (N-methyl/N-ethyl adjacent to an activating group) is 1. The first-order valence-corrected chi connectivity index (χ1v) is 7.49. The van der Waals surface area contributed by atoms with Gasteiger partial charge in [0.15, 0.2) is 0 Å². The number of hydrogen-bond acceptors (Lipinski definition) is 4. The van der Waals surface area contributed by atoms with Crippen LogP contribution in [0.2, 0.25) is 0 Å². The van der Waals surface area contributed by atoms with Gasteiger partial charge in [-0.2, -0.15) is 0 Å². The zero-order valence-corrected chi connectivity index (χ0v) is 13.2. The molecule has 4 nitrogen and oxygen atoms in total. The third-order valence-electron chi connectivity index (χ3n) is 3.97. The van der Waals surface area contributed by atoms with Crippen molar-refractivity contribution in [2.24, 2.45) is 5.92 Å². The number of carbonyl (C=O) groups excluding carboxylic acids is 1. The van der Waals surface area contributed by atoms with Crippen molar-refractivity contribution in [2.75, 3.05) is 26.7 Å². The van der Waals surface area contributed by atoms with Crippen LogP contribution in [0.1, 0.15) is 47.0 Å². The highest BCUT2D eigenvalue weighted by molar-refractivity contribution is 5.80. The van der Waals surface area contributed by atoms with Crippen LogP contribution < -0.4 is 5.32 Å². The van der Waals surface area contributed by atoms with E-state index in [1.807, 2.05) is 6.92 Å². The summed E-state index contributed by atoms with van der Waals surface area (Å²) in [6, 6.07) is 0.256. The van der Waals surface area contributed by atoms with Gasteiger partial charge in [0, 0.05) is 19.1 Å². The van der Waals surface area contributed by atoms with Crippen LogP contribution >= 0.6 is 0 Å². The molecule has 4 heteroatoms. The lowest BCUT2D eigenvalue weighted by Gasteiger charge is -2.38. The Morgan fingerprint density at radius 1 is 1.47 bits per heavy atom. The number of esters is 1. The fourth-order valence-corrected chi connectivity index (χ4v) is 2.82. The van der Waals surface area contributed by atoms with Gasteiger partial charge in [0.05, 0.1) is 7.11 Å². The standard InChI is InChI=1S/C15H30N2O2/c1-6-17(10-13-8-7-9-13)11-15(4,14(18)19-5)16-12(2)3/h12-13,16H,6-11H2,1-5H3. The summed E-state index contributed by atoms with van der Waals surface area (Å²) in [6.45, 7) is 11.0. The molecule has 112 valence electrons. The highest BCUT2D eigenvalue weighted by Gasteiger charge is 2.37. The molecular formula is C15H30N2O2. The summed E-state index contributed by atoms with van der Waals surface area (Å²) in [4.78, 5) is 14.4. The van der Waals surface area contributed by atoms with Gasteiger partial charge in [0.2, 0.25) is 0 Å². The quantitative estimate of drug-likeness (QED) is 0.685. The van der Waals surface area contributed by atoms with Gasteiger partial charge in [0.25, 0.3) is 0 Å². The SMILES string of the molecule is CCN(CC1CCC1)CC(C)(NC(C)C)C(=O)OC. The molecule has 1 atom stereocenters. The van der Waals surface area contributed by atoms with Crippen molar-refractivity contribution in [1.29, 1.82) is 0 Å². The van der Waals surface area contributed by atoms with Crippen LogP contribution in [0, 0.1) is 5.92 Å². The molecule has 0 aliphatic heterocycles. The monoisotopic (exact) mass is 270 g/mol. The maximum Gasteiger partial charge on any atom is 0.327 e. The molecule has 0 saturated heterocycles. The first-order chi connectivity index (χ1) is 8.91. The Kier molecular flexibility index (Phi) is 6.27.